The van der Waals surface area contributed by atoms with Gasteiger partial charge in [-0.3, -0.25) is 14.6 Å². The summed E-state index contributed by atoms with van der Waals surface area (Å²) >= 11 is 0. The molecule has 9 heteroatoms. The Bertz CT molecular complexity index is 862. The van der Waals surface area contributed by atoms with Gasteiger partial charge in [0.05, 0.1) is 25.2 Å². The fraction of sp³-hybridized carbons (Fsp3) is 0.381. The first kappa shape index (κ1) is 21.8. The lowest BCUT2D eigenvalue weighted by atomic mass is 9.96. The molecule has 1 aliphatic heterocycles. The number of hydrogen-bond acceptors (Lipinski definition) is 5. The van der Waals surface area contributed by atoms with Crippen molar-refractivity contribution in [1.82, 2.24) is 15.6 Å². The highest BCUT2D eigenvalue weighted by atomic mass is 19.1. The molecule has 2 heterocycles. The summed E-state index contributed by atoms with van der Waals surface area (Å²) in [7, 11) is 0. The highest BCUT2D eigenvalue weighted by molar-refractivity contribution is 5.92. The van der Waals surface area contributed by atoms with Gasteiger partial charge in [0.2, 0.25) is 5.91 Å². The van der Waals surface area contributed by atoms with Crippen LogP contribution in [0.4, 0.5) is 8.78 Å². The van der Waals surface area contributed by atoms with Crippen LogP contribution in [0.1, 0.15) is 35.3 Å². The summed E-state index contributed by atoms with van der Waals surface area (Å²) in [6.45, 7) is -0.319. The number of hydrogen-bond donors (Lipinski definition) is 3. The van der Waals surface area contributed by atoms with Crippen LogP contribution >= 0.6 is 0 Å². The first-order valence-electron chi connectivity index (χ1n) is 9.64. The van der Waals surface area contributed by atoms with Crippen molar-refractivity contribution in [2.24, 2.45) is 0 Å². The van der Waals surface area contributed by atoms with Gasteiger partial charge in [0.1, 0.15) is 23.4 Å². The number of rotatable bonds is 7. The molecule has 0 saturated carbocycles. The Morgan fingerprint density at radius 2 is 1.93 bits per heavy atom. The number of nitrogens with zero attached hydrogens (tertiary/aromatic N) is 1. The minimum atomic E-state index is -0.709. The summed E-state index contributed by atoms with van der Waals surface area (Å²) in [5, 5.41) is 15.1. The minimum absolute atomic E-state index is 0.00752. The van der Waals surface area contributed by atoms with Crippen molar-refractivity contribution >= 4 is 11.8 Å². The van der Waals surface area contributed by atoms with Gasteiger partial charge in [0.15, 0.2) is 0 Å². The summed E-state index contributed by atoms with van der Waals surface area (Å²) in [5.41, 5.74) is 0.584. The molecule has 30 heavy (non-hydrogen) atoms. The van der Waals surface area contributed by atoms with E-state index in [2.05, 4.69) is 15.6 Å². The lowest BCUT2D eigenvalue weighted by Crippen LogP contribution is -2.51. The predicted molar refractivity (Wildman–Crippen MR) is 103 cm³/mol. The fourth-order valence-corrected chi connectivity index (χ4v) is 3.38. The van der Waals surface area contributed by atoms with E-state index in [9.17, 15) is 23.5 Å². The van der Waals surface area contributed by atoms with Crippen molar-refractivity contribution in [1.29, 1.82) is 0 Å². The van der Waals surface area contributed by atoms with Crippen molar-refractivity contribution in [3.8, 4) is 0 Å². The molecule has 1 aromatic heterocycles. The molecule has 0 aliphatic carbocycles. The molecule has 2 aromatic rings. The largest absolute Gasteiger partial charge is 0.394 e. The van der Waals surface area contributed by atoms with E-state index in [-0.39, 0.29) is 37.1 Å². The summed E-state index contributed by atoms with van der Waals surface area (Å²) in [5.74, 6) is -2.11. The zero-order valence-electron chi connectivity index (χ0n) is 16.2. The third kappa shape index (κ3) is 6.04. The number of carbonyl (C=O) groups is 2. The Hall–Kier alpha value is -2.91. The molecule has 1 saturated heterocycles. The van der Waals surface area contributed by atoms with Gasteiger partial charge < -0.3 is 20.5 Å². The van der Waals surface area contributed by atoms with Crippen LogP contribution in [0, 0.1) is 11.6 Å². The number of aliphatic hydroxyl groups excluding tert-OH is 1. The van der Waals surface area contributed by atoms with E-state index >= 15 is 0 Å². The number of carbonyl (C=O) groups excluding carboxylic acids is 2. The molecule has 3 N–H and O–H groups in total. The molecule has 0 radical (unpaired) electrons. The van der Waals surface area contributed by atoms with Gasteiger partial charge in [-0.2, -0.15) is 0 Å². The van der Waals surface area contributed by atoms with Gasteiger partial charge in [0, 0.05) is 18.8 Å². The number of ether oxygens (including phenoxy) is 1. The van der Waals surface area contributed by atoms with Crippen molar-refractivity contribution in [2.45, 2.75) is 44.1 Å². The lowest BCUT2D eigenvalue weighted by Gasteiger charge is -2.35. The van der Waals surface area contributed by atoms with Gasteiger partial charge in [0.25, 0.3) is 5.91 Å². The number of benzene rings is 1. The topological polar surface area (TPSA) is 101 Å². The number of aromatic nitrogens is 1. The van der Waals surface area contributed by atoms with E-state index < -0.39 is 29.9 Å². The molecular formula is C21H23F2N3O4. The molecule has 160 valence electrons. The molecule has 1 fully saturated rings. The SMILES string of the molecule is O=C(C[C@@H]1CC[C@@H](NC(=O)c2ccccn2)[C@H](CO)O1)NCc1cc(F)cc(F)c1. The van der Waals surface area contributed by atoms with E-state index in [0.717, 1.165) is 18.2 Å². The summed E-state index contributed by atoms with van der Waals surface area (Å²) in [4.78, 5) is 28.4. The summed E-state index contributed by atoms with van der Waals surface area (Å²) < 4.78 is 32.2. The lowest BCUT2D eigenvalue weighted by molar-refractivity contribution is -0.131. The highest BCUT2D eigenvalue weighted by Crippen LogP contribution is 2.22. The molecule has 3 rings (SSSR count). The Balaban J connectivity index is 1.48. The highest BCUT2D eigenvalue weighted by Gasteiger charge is 2.33. The predicted octanol–water partition coefficient (Wildman–Crippen LogP) is 1.70. The van der Waals surface area contributed by atoms with E-state index in [1.54, 1.807) is 18.2 Å². The molecule has 3 atom stereocenters. The average molecular weight is 419 g/mol. The van der Waals surface area contributed by atoms with Crippen molar-refractivity contribution in [3.05, 3.63) is 65.5 Å². The Morgan fingerprint density at radius 1 is 1.17 bits per heavy atom. The van der Waals surface area contributed by atoms with Crippen molar-refractivity contribution < 1.29 is 28.2 Å². The zero-order valence-corrected chi connectivity index (χ0v) is 16.2. The van der Waals surface area contributed by atoms with E-state index in [1.165, 1.54) is 6.20 Å². The third-order valence-corrected chi connectivity index (χ3v) is 4.83. The molecule has 2 amide bonds. The molecule has 0 spiro atoms. The van der Waals surface area contributed by atoms with Gasteiger partial charge in [-0.15, -0.1) is 0 Å². The maximum atomic E-state index is 13.2. The molecule has 0 bridgehead atoms. The fourth-order valence-electron chi connectivity index (χ4n) is 3.38. The van der Waals surface area contributed by atoms with Crippen LogP contribution in [0.15, 0.2) is 42.6 Å². The summed E-state index contributed by atoms with van der Waals surface area (Å²) in [6.07, 6.45) is 1.50. The Morgan fingerprint density at radius 3 is 2.60 bits per heavy atom. The second-order valence-corrected chi connectivity index (χ2v) is 7.11. The number of amides is 2. The third-order valence-electron chi connectivity index (χ3n) is 4.83. The van der Waals surface area contributed by atoms with Gasteiger partial charge in [-0.05, 0) is 42.7 Å². The van der Waals surface area contributed by atoms with E-state index in [0.29, 0.717) is 18.4 Å². The van der Waals surface area contributed by atoms with Crippen molar-refractivity contribution in [2.75, 3.05) is 6.61 Å². The Kier molecular flexibility index (Phi) is 7.42. The van der Waals surface area contributed by atoms with E-state index in [1.807, 2.05) is 0 Å². The van der Waals surface area contributed by atoms with Crippen LogP contribution in [0.2, 0.25) is 0 Å². The van der Waals surface area contributed by atoms with Crippen LogP contribution in [-0.4, -0.2) is 46.8 Å². The number of nitrogens with one attached hydrogen (secondary N) is 2. The first-order chi connectivity index (χ1) is 14.4. The maximum Gasteiger partial charge on any atom is 0.270 e. The number of halogens is 2. The first-order valence-corrected chi connectivity index (χ1v) is 9.64. The van der Waals surface area contributed by atoms with Crippen LogP contribution in [0.5, 0.6) is 0 Å². The maximum absolute atomic E-state index is 13.2. The molecule has 1 aliphatic rings. The molecule has 1 aromatic carbocycles. The molecule has 0 unspecified atom stereocenters. The number of aliphatic hydroxyl groups is 1. The van der Waals surface area contributed by atoms with Crippen molar-refractivity contribution in [3.63, 3.8) is 0 Å². The Labute approximate surface area is 172 Å². The van der Waals surface area contributed by atoms with Gasteiger partial charge >= 0.3 is 0 Å². The van der Waals surface area contributed by atoms with Gasteiger partial charge in [-0.25, -0.2) is 8.78 Å². The second kappa shape index (κ2) is 10.2. The van der Waals surface area contributed by atoms with Crippen LogP contribution in [0.25, 0.3) is 0 Å². The van der Waals surface area contributed by atoms with E-state index in [4.69, 9.17) is 4.74 Å². The monoisotopic (exact) mass is 419 g/mol. The van der Waals surface area contributed by atoms with Crippen LogP contribution in [0.3, 0.4) is 0 Å². The van der Waals surface area contributed by atoms with Crippen LogP contribution < -0.4 is 10.6 Å². The number of pyridine rings is 1. The van der Waals surface area contributed by atoms with Crippen LogP contribution in [-0.2, 0) is 16.1 Å². The molecule has 7 nitrogen and oxygen atoms in total. The quantitative estimate of drug-likeness (QED) is 0.634. The van der Waals surface area contributed by atoms with Gasteiger partial charge in [-0.1, -0.05) is 6.07 Å². The average Bonchev–Trinajstić information content (AvgIpc) is 2.73. The second-order valence-electron chi connectivity index (χ2n) is 7.11. The minimum Gasteiger partial charge on any atom is -0.394 e. The normalized spacial score (nSPS) is 21.1. The summed E-state index contributed by atoms with van der Waals surface area (Å²) in [6, 6.07) is 7.66. The molecular weight excluding hydrogens is 396 g/mol. The smallest absolute Gasteiger partial charge is 0.270 e. The standard InChI is InChI=1S/C21H23F2N3O4/c22-14-7-13(8-15(23)9-14)11-25-20(28)10-16-4-5-17(19(12-27)30-16)26-21(29)18-3-1-2-6-24-18/h1-3,6-9,16-17,19,27H,4-5,10-12H2,(H,25,28)(H,26,29)/t16-,17+,19-/m0/s1. The zero-order chi connectivity index (χ0) is 21.5.